The lowest BCUT2D eigenvalue weighted by molar-refractivity contribution is -0.123. The molecular formula is C37H35F7N6O4Si. The molecule has 10 nitrogen and oxygen atoms in total. The van der Waals surface area contributed by atoms with Gasteiger partial charge in [-0.1, -0.05) is 25.7 Å². The summed E-state index contributed by atoms with van der Waals surface area (Å²) in [6.07, 6.45) is -2.08. The second-order valence-electron chi connectivity index (χ2n) is 15.1. The number of hydrogen-bond donors (Lipinski definition) is 2. The van der Waals surface area contributed by atoms with Crippen LogP contribution in [0.25, 0.3) is 22.2 Å². The van der Waals surface area contributed by atoms with Crippen LogP contribution in [-0.2, 0) is 35.2 Å². The Morgan fingerprint density at radius 1 is 1.04 bits per heavy atom. The average molecular weight is 789 g/mol. The molecule has 2 N–H and O–H groups in total. The Balaban J connectivity index is 1.31. The SMILES string of the molecule is C[Si](C)(C)CCOCn1ncc2nc([C@H](Cc3cc(F)cc(F)c3)NC(=O)Cn3nc(C(F)F)c4c3C(F)(F)[C@@H]3C[C@H]43)c(-c3ccc(F)c(C(=O)O)c3)cc21. The van der Waals surface area contributed by atoms with E-state index in [1.165, 1.54) is 16.9 Å². The fraction of sp³-hybridized carbons (Fsp3) is 0.378. The van der Waals surface area contributed by atoms with Gasteiger partial charge in [-0.25, -0.2) is 36.4 Å². The largest absolute Gasteiger partial charge is 0.478 e. The van der Waals surface area contributed by atoms with E-state index in [1.807, 2.05) is 0 Å². The molecule has 0 unspecified atom stereocenters. The maximum absolute atomic E-state index is 15.3. The molecule has 55 heavy (non-hydrogen) atoms. The Morgan fingerprint density at radius 2 is 1.76 bits per heavy atom. The number of ether oxygens (including phenoxy) is 1. The number of amides is 1. The molecule has 3 aromatic heterocycles. The van der Waals surface area contributed by atoms with E-state index in [9.17, 15) is 36.6 Å². The number of nitrogens with zero attached hydrogens (tertiary/aromatic N) is 5. The van der Waals surface area contributed by atoms with E-state index in [1.54, 1.807) is 6.07 Å². The number of nitrogens with one attached hydrogen (secondary N) is 1. The molecule has 2 aliphatic carbocycles. The highest BCUT2D eigenvalue weighted by atomic mass is 28.3. The number of carbonyl (C=O) groups is 2. The number of aromatic carboxylic acids is 1. The highest BCUT2D eigenvalue weighted by Gasteiger charge is 2.67. The summed E-state index contributed by atoms with van der Waals surface area (Å²) in [5, 5.41) is 20.5. The number of rotatable bonds is 14. The first-order valence-electron chi connectivity index (χ1n) is 17.4. The summed E-state index contributed by atoms with van der Waals surface area (Å²) in [6, 6.07) is 7.07. The Kier molecular flexibility index (Phi) is 9.85. The Morgan fingerprint density at radius 3 is 2.44 bits per heavy atom. The number of alkyl halides is 4. The summed E-state index contributed by atoms with van der Waals surface area (Å²) >= 11 is 0. The number of fused-ring (bicyclic) bond motifs is 4. The topological polar surface area (TPSA) is 124 Å². The predicted molar refractivity (Wildman–Crippen MR) is 187 cm³/mol. The van der Waals surface area contributed by atoms with Gasteiger partial charge in [0, 0.05) is 37.8 Å². The monoisotopic (exact) mass is 788 g/mol. The van der Waals surface area contributed by atoms with E-state index in [2.05, 4.69) is 35.2 Å². The van der Waals surface area contributed by atoms with Gasteiger partial charge in [-0.15, -0.1) is 0 Å². The number of halogens is 7. The molecule has 0 spiro atoms. The number of carboxylic acid groups (broad SMARTS) is 1. The zero-order valence-corrected chi connectivity index (χ0v) is 30.7. The molecule has 1 amide bonds. The van der Waals surface area contributed by atoms with Gasteiger partial charge in [-0.3, -0.25) is 9.48 Å². The van der Waals surface area contributed by atoms with Gasteiger partial charge < -0.3 is 15.2 Å². The van der Waals surface area contributed by atoms with Crippen LogP contribution in [-0.4, -0.2) is 56.2 Å². The van der Waals surface area contributed by atoms with Gasteiger partial charge in [0.25, 0.3) is 12.3 Å². The second-order valence-corrected chi connectivity index (χ2v) is 20.7. The van der Waals surface area contributed by atoms with Crippen LogP contribution in [0.15, 0.2) is 48.7 Å². The molecule has 0 saturated heterocycles. The van der Waals surface area contributed by atoms with Crippen molar-refractivity contribution in [3.05, 3.63) is 99.9 Å². The quantitative estimate of drug-likeness (QED) is 0.0665. The van der Waals surface area contributed by atoms with Crippen molar-refractivity contribution in [1.29, 1.82) is 0 Å². The minimum Gasteiger partial charge on any atom is -0.478 e. The number of aromatic nitrogens is 5. The lowest BCUT2D eigenvalue weighted by atomic mass is 9.94. The smallest absolute Gasteiger partial charge is 0.338 e. The lowest BCUT2D eigenvalue weighted by Crippen LogP contribution is -2.35. The van der Waals surface area contributed by atoms with E-state index >= 15 is 8.78 Å². The summed E-state index contributed by atoms with van der Waals surface area (Å²) in [7, 11) is -1.42. The summed E-state index contributed by atoms with van der Waals surface area (Å²) in [6.45, 7) is 6.14. The predicted octanol–water partition coefficient (Wildman–Crippen LogP) is 7.97. The standard InChI is InChI=1S/C37H35F7N6O4Si/c1-55(2,3)7-6-54-17-50-29-14-22(19-4-5-26(40)24(11-19)36(52)53)32(47-28(29)15-45-50)27(10-18-8-20(38)12-21(39)9-18)46-30(51)16-49-34-31(33(48-49)35(41)42)23-13-25(23)37(34,43)44/h4-5,8-9,11-12,14-15,23,25,27,35H,6-7,10,13,16-17H2,1-3H3,(H,46,51)(H,52,53)/t23-,25+,27-/m0/s1. The maximum Gasteiger partial charge on any atom is 0.338 e. The normalized spacial score (nSPS) is 17.7. The van der Waals surface area contributed by atoms with E-state index in [0.717, 1.165) is 30.3 Å². The minimum atomic E-state index is -3.50. The fourth-order valence-electron chi connectivity index (χ4n) is 7.14. The summed E-state index contributed by atoms with van der Waals surface area (Å²) in [5.41, 5.74) is -1.50. The van der Waals surface area contributed by atoms with Crippen LogP contribution in [0.1, 0.15) is 63.4 Å². The molecule has 290 valence electrons. The highest BCUT2D eigenvalue weighted by Crippen LogP contribution is 2.68. The van der Waals surface area contributed by atoms with Gasteiger partial charge in [0.05, 0.1) is 29.0 Å². The summed E-state index contributed by atoms with van der Waals surface area (Å²) < 4.78 is 110. The maximum atomic E-state index is 15.3. The van der Waals surface area contributed by atoms with Crippen molar-refractivity contribution >= 4 is 31.0 Å². The van der Waals surface area contributed by atoms with Crippen molar-refractivity contribution in [3.8, 4) is 11.1 Å². The molecule has 2 aliphatic rings. The van der Waals surface area contributed by atoms with Crippen molar-refractivity contribution < 1.29 is 50.2 Å². The molecular weight excluding hydrogens is 754 g/mol. The van der Waals surface area contributed by atoms with Gasteiger partial charge in [0.1, 0.15) is 47.6 Å². The summed E-state index contributed by atoms with van der Waals surface area (Å²) in [4.78, 5) is 30.5. The molecule has 0 bridgehead atoms. The van der Waals surface area contributed by atoms with Crippen LogP contribution in [0.2, 0.25) is 25.7 Å². The van der Waals surface area contributed by atoms with E-state index in [-0.39, 0.29) is 53.0 Å². The minimum absolute atomic E-state index is 0.0122. The van der Waals surface area contributed by atoms with Crippen molar-refractivity contribution in [2.24, 2.45) is 5.92 Å². The molecule has 3 atom stereocenters. The van der Waals surface area contributed by atoms with Crippen LogP contribution in [0.3, 0.4) is 0 Å². The van der Waals surface area contributed by atoms with E-state index in [4.69, 9.17) is 9.72 Å². The fourth-order valence-corrected chi connectivity index (χ4v) is 7.90. The van der Waals surface area contributed by atoms with Gasteiger partial charge in [-0.05, 0) is 66.3 Å². The molecule has 1 saturated carbocycles. The van der Waals surface area contributed by atoms with Gasteiger partial charge in [0.15, 0.2) is 0 Å². The van der Waals surface area contributed by atoms with Crippen LogP contribution in [0.4, 0.5) is 30.7 Å². The first kappa shape index (κ1) is 38.2. The molecule has 7 rings (SSSR count). The third-order valence-corrected chi connectivity index (χ3v) is 11.6. The first-order chi connectivity index (χ1) is 25.9. The third-order valence-electron chi connectivity index (χ3n) is 9.86. The van der Waals surface area contributed by atoms with Crippen molar-refractivity contribution in [2.75, 3.05) is 6.61 Å². The lowest BCUT2D eigenvalue weighted by Gasteiger charge is -2.23. The number of hydrogen-bond acceptors (Lipinski definition) is 6. The summed E-state index contributed by atoms with van der Waals surface area (Å²) in [5.74, 6) is -10.9. The zero-order valence-electron chi connectivity index (χ0n) is 29.7. The Hall–Kier alpha value is -5.10. The van der Waals surface area contributed by atoms with Crippen LogP contribution >= 0.6 is 0 Å². The van der Waals surface area contributed by atoms with E-state index < -0.39 is 91.1 Å². The second kappa shape index (κ2) is 14.2. The Labute approximate surface area is 310 Å². The zero-order chi connectivity index (χ0) is 39.6. The van der Waals surface area contributed by atoms with Crippen molar-refractivity contribution in [1.82, 2.24) is 29.9 Å². The van der Waals surface area contributed by atoms with E-state index in [0.29, 0.717) is 22.9 Å². The highest BCUT2D eigenvalue weighted by molar-refractivity contribution is 6.76. The van der Waals surface area contributed by atoms with Gasteiger partial charge in [-0.2, -0.15) is 19.0 Å². The third kappa shape index (κ3) is 7.61. The molecule has 3 heterocycles. The molecule has 2 aromatic carbocycles. The van der Waals surface area contributed by atoms with Crippen LogP contribution < -0.4 is 5.32 Å². The molecule has 0 radical (unpaired) electrons. The van der Waals surface area contributed by atoms with Crippen molar-refractivity contribution in [2.45, 2.75) is 76.1 Å². The van der Waals surface area contributed by atoms with Crippen molar-refractivity contribution in [3.63, 3.8) is 0 Å². The molecule has 5 aromatic rings. The van der Waals surface area contributed by atoms with Crippen LogP contribution in [0.5, 0.6) is 0 Å². The van der Waals surface area contributed by atoms with Crippen LogP contribution in [0, 0.1) is 23.4 Å². The first-order valence-corrected chi connectivity index (χ1v) is 21.1. The molecule has 18 heteroatoms. The van der Waals surface area contributed by atoms with Gasteiger partial charge >= 0.3 is 5.97 Å². The average Bonchev–Trinajstić information content (AvgIpc) is 3.57. The number of carboxylic acids is 1. The number of carbonyl (C=O) groups excluding carboxylic acids is 1. The van der Waals surface area contributed by atoms with Gasteiger partial charge in [0.2, 0.25) is 5.91 Å². The Bertz CT molecular complexity index is 2300. The molecule has 0 aliphatic heterocycles. The number of benzene rings is 2. The molecule has 1 fully saturated rings. The number of pyridine rings is 1.